The number of nitrogens with zero attached hydrogens (tertiary/aromatic N) is 3. The maximum atomic E-state index is 11.7. The molecule has 0 unspecified atom stereocenters. The van der Waals surface area contributed by atoms with E-state index >= 15 is 0 Å². The summed E-state index contributed by atoms with van der Waals surface area (Å²) in [6.07, 6.45) is 1.58. The predicted octanol–water partition coefficient (Wildman–Crippen LogP) is 3.16. The van der Waals surface area contributed by atoms with E-state index in [1.165, 1.54) is 4.90 Å². The highest BCUT2D eigenvalue weighted by molar-refractivity contribution is 9.08. The van der Waals surface area contributed by atoms with Gasteiger partial charge in [-0.1, -0.05) is 23.2 Å². The fourth-order valence-corrected chi connectivity index (χ4v) is 2.79. The number of nitrogens with two attached hydrogens (primary N) is 1. The summed E-state index contributed by atoms with van der Waals surface area (Å²) < 4.78 is 7.31. The molecule has 6 nitrogen and oxygen atoms in total. The van der Waals surface area contributed by atoms with Crippen LogP contribution in [0.5, 0.6) is 5.88 Å². The second-order valence-electron chi connectivity index (χ2n) is 4.73. The first-order chi connectivity index (χ1) is 10.9. The smallest absolute Gasteiger partial charge is 0.240 e. The fourth-order valence-electron chi connectivity index (χ4n) is 1.90. The molecule has 2 rings (SSSR count). The average molecular weight is 422 g/mol. The number of carbonyl (C=O) groups excluding carboxylic acids is 1. The zero-order valence-corrected chi connectivity index (χ0v) is 15.6. The lowest BCUT2D eigenvalue weighted by atomic mass is 10.2. The van der Waals surface area contributed by atoms with E-state index in [9.17, 15) is 4.79 Å². The second-order valence-corrected chi connectivity index (χ2v) is 6.22. The minimum Gasteiger partial charge on any atom is -0.472 e. The lowest BCUT2D eigenvalue weighted by Gasteiger charge is -2.20. The minimum atomic E-state index is -0.254. The van der Waals surface area contributed by atoms with Crippen LogP contribution in [0.25, 0.3) is 0 Å². The lowest BCUT2D eigenvalue weighted by molar-refractivity contribution is -0.117. The first kappa shape index (κ1) is 18.1. The van der Waals surface area contributed by atoms with Gasteiger partial charge in [0.15, 0.2) is 0 Å². The van der Waals surface area contributed by atoms with Crippen molar-refractivity contribution >= 4 is 50.9 Å². The molecule has 1 amide bonds. The van der Waals surface area contributed by atoms with E-state index in [-0.39, 0.29) is 19.1 Å². The van der Waals surface area contributed by atoms with Gasteiger partial charge in [-0.2, -0.15) is 0 Å². The van der Waals surface area contributed by atoms with E-state index in [4.69, 9.17) is 33.7 Å². The number of anilines is 1. The third kappa shape index (κ3) is 3.80. The van der Waals surface area contributed by atoms with Gasteiger partial charge in [-0.05, 0) is 19.1 Å². The van der Waals surface area contributed by atoms with Crippen LogP contribution in [0.4, 0.5) is 5.69 Å². The molecule has 9 heteroatoms. The molecule has 0 saturated carbocycles. The first-order valence-corrected chi connectivity index (χ1v) is 8.10. The zero-order valence-electron chi connectivity index (χ0n) is 12.5. The van der Waals surface area contributed by atoms with Crippen LogP contribution in [0.3, 0.4) is 0 Å². The standard InChI is InChI=1S/C14H15BrCl2N4O2/c1-8-19-6-13(21(8)15)23-7-9-10(16)3-4-11(14(9)17)20(2)12(22)5-18/h3-4,6H,5,7,18H2,1-2H3. The summed E-state index contributed by atoms with van der Waals surface area (Å²) in [5, 5.41) is 0.795. The van der Waals surface area contributed by atoms with Crippen LogP contribution >= 0.6 is 39.3 Å². The van der Waals surface area contributed by atoms with Gasteiger partial charge >= 0.3 is 0 Å². The van der Waals surface area contributed by atoms with Crippen LogP contribution in [0.1, 0.15) is 11.4 Å². The Hall–Kier alpha value is -1.28. The van der Waals surface area contributed by atoms with Gasteiger partial charge < -0.3 is 15.4 Å². The molecular formula is C14H15BrCl2N4O2. The largest absolute Gasteiger partial charge is 0.472 e. The normalized spacial score (nSPS) is 10.7. The molecule has 23 heavy (non-hydrogen) atoms. The van der Waals surface area contributed by atoms with Crippen LogP contribution < -0.4 is 15.4 Å². The molecular weight excluding hydrogens is 407 g/mol. The van der Waals surface area contributed by atoms with Crippen molar-refractivity contribution in [3.63, 3.8) is 0 Å². The van der Waals surface area contributed by atoms with Crippen molar-refractivity contribution in [2.45, 2.75) is 13.5 Å². The Morgan fingerprint density at radius 1 is 1.48 bits per heavy atom. The number of carbonyl (C=O) groups is 1. The number of benzene rings is 1. The molecule has 1 aromatic carbocycles. The molecule has 1 heterocycles. The summed E-state index contributed by atoms with van der Waals surface area (Å²) in [5.41, 5.74) is 6.48. The number of rotatable bonds is 5. The monoisotopic (exact) mass is 420 g/mol. The molecule has 0 saturated heterocycles. The van der Waals surface area contributed by atoms with Crippen molar-refractivity contribution in [1.29, 1.82) is 0 Å². The van der Waals surface area contributed by atoms with Gasteiger partial charge in [0, 0.05) is 17.6 Å². The van der Waals surface area contributed by atoms with Gasteiger partial charge in [0.1, 0.15) is 12.4 Å². The summed E-state index contributed by atoms with van der Waals surface area (Å²) in [6, 6.07) is 3.33. The van der Waals surface area contributed by atoms with Crippen LogP contribution in [0, 0.1) is 6.92 Å². The van der Waals surface area contributed by atoms with E-state index in [2.05, 4.69) is 21.1 Å². The van der Waals surface area contributed by atoms with E-state index in [1.54, 1.807) is 29.0 Å². The SMILES string of the molecule is Cc1ncc(OCc2c(Cl)ccc(N(C)C(=O)CN)c2Cl)n1Br. The highest BCUT2D eigenvalue weighted by Gasteiger charge is 2.18. The van der Waals surface area contributed by atoms with Crippen LogP contribution in [0.15, 0.2) is 18.3 Å². The Morgan fingerprint density at radius 2 is 2.17 bits per heavy atom. The summed E-state index contributed by atoms with van der Waals surface area (Å²) in [4.78, 5) is 17.2. The third-order valence-electron chi connectivity index (χ3n) is 3.28. The number of aromatic nitrogens is 2. The zero-order chi connectivity index (χ0) is 17.1. The summed E-state index contributed by atoms with van der Waals surface area (Å²) >= 11 is 15.9. The van der Waals surface area contributed by atoms with Crippen molar-refractivity contribution in [2.24, 2.45) is 5.73 Å². The van der Waals surface area contributed by atoms with Gasteiger partial charge in [-0.15, -0.1) is 0 Å². The summed E-state index contributed by atoms with van der Waals surface area (Å²) in [5.74, 6) is 1.01. The molecule has 0 spiro atoms. The average Bonchev–Trinajstić information content (AvgIpc) is 2.85. The first-order valence-electron chi connectivity index (χ1n) is 6.63. The Balaban J connectivity index is 2.28. The molecule has 1 aromatic heterocycles. The third-order valence-corrected chi connectivity index (χ3v) is 4.92. The number of halogens is 3. The van der Waals surface area contributed by atoms with Crippen LogP contribution in [-0.4, -0.2) is 28.1 Å². The summed E-state index contributed by atoms with van der Waals surface area (Å²) in [6.45, 7) is 1.85. The maximum Gasteiger partial charge on any atom is 0.240 e. The number of hydrogen-bond donors (Lipinski definition) is 1. The fraction of sp³-hybridized carbons (Fsp3) is 0.286. The molecule has 0 aliphatic carbocycles. The van der Waals surface area contributed by atoms with E-state index in [1.807, 2.05) is 6.92 Å². The molecule has 0 fully saturated rings. The number of imidazole rings is 1. The molecule has 0 radical (unpaired) electrons. The van der Waals surface area contributed by atoms with Gasteiger partial charge in [0.05, 0.1) is 39.6 Å². The number of hydrogen-bond acceptors (Lipinski definition) is 4. The molecule has 0 aliphatic rings. The molecule has 124 valence electrons. The predicted molar refractivity (Wildman–Crippen MR) is 94.5 cm³/mol. The highest BCUT2D eigenvalue weighted by Crippen LogP contribution is 2.34. The van der Waals surface area contributed by atoms with Gasteiger partial charge in [-0.25, -0.2) is 8.58 Å². The van der Waals surface area contributed by atoms with E-state index < -0.39 is 0 Å². The number of aryl methyl sites for hydroxylation is 1. The molecule has 0 aliphatic heterocycles. The molecule has 2 N–H and O–H groups in total. The van der Waals surface area contributed by atoms with E-state index in [0.717, 1.165) is 5.82 Å². The quantitative estimate of drug-likeness (QED) is 0.804. The van der Waals surface area contributed by atoms with Gasteiger partial charge in [0.2, 0.25) is 11.8 Å². The van der Waals surface area contributed by atoms with Gasteiger partial charge in [-0.3, -0.25) is 4.79 Å². The number of ether oxygens (including phenoxy) is 1. The van der Waals surface area contributed by atoms with Crippen molar-refractivity contribution in [3.05, 3.63) is 39.8 Å². The van der Waals surface area contributed by atoms with E-state index in [0.29, 0.717) is 27.2 Å². The molecule has 2 aromatic rings. The van der Waals surface area contributed by atoms with Crippen LogP contribution in [-0.2, 0) is 11.4 Å². The van der Waals surface area contributed by atoms with Crippen LogP contribution in [0.2, 0.25) is 10.0 Å². The highest BCUT2D eigenvalue weighted by atomic mass is 79.9. The second kappa shape index (κ2) is 7.53. The minimum absolute atomic E-state index is 0.108. The van der Waals surface area contributed by atoms with Crippen molar-refractivity contribution < 1.29 is 9.53 Å². The molecule has 0 atom stereocenters. The molecule has 0 bridgehead atoms. The van der Waals surface area contributed by atoms with Gasteiger partial charge in [0.25, 0.3) is 0 Å². The van der Waals surface area contributed by atoms with Crippen molar-refractivity contribution in [3.8, 4) is 5.88 Å². The lowest BCUT2D eigenvalue weighted by Crippen LogP contribution is -2.32. The number of amides is 1. The maximum absolute atomic E-state index is 11.7. The topological polar surface area (TPSA) is 73.4 Å². The summed E-state index contributed by atoms with van der Waals surface area (Å²) in [7, 11) is 1.60. The Kier molecular flexibility index (Phi) is 5.91. The van der Waals surface area contributed by atoms with Crippen molar-refractivity contribution in [1.82, 2.24) is 8.58 Å². The Morgan fingerprint density at radius 3 is 2.74 bits per heavy atom. The van der Waals surface area contributed by atoms with Crippen molar-refractivity contribution in [2.75, 3.05) is 18.5 Å². The number of likely N-dealkylation sites (N-methyl/N-ethyl adjacent to an activating group) is 1. The Labute approximate surface area is 152 Å². The Bertz CT molecular complexity index is 736.